The Kier molecular flexibility index (Phi) is 4.82. The number of carbonyl (C=O) groups is 1. The zero-order valence-electron chi connectivity index (χ0n) is 17.3. The number of ketones is 1. The maximum atomic E-state index is 13.4. The van der Waals surface area contributed by atoms with Crippen LogP contribution in [0.5, 0.6) is 0 Å². The van der Waals surface area contributed by atoms with Crippen molar-refractivity contribution in [3.63, 3.8) is 0 Å². The Bertz CT molecular complexity index is 1570. The summed E-state index contributed by atoms with van der Waals surface area (Å²) in [4.78, 5) is 52.0. The molecule has 4 aromatic rings. The Morgan fingerprint density at radius 2 is 1.65 bits per heavy atom. The summed E-state index contributed by atoms with van der Waals surface area (Å²) >= 11 is 6.24. The van der Waals surface area contributed by atoms with E-state index in [1.165, 1.54) is 22.4 Å². The Morgan fingerprint density at radius 3 is 2.26 bits per heavy atom. The van der Waals surface area contributed by atoms with Gasteiger partial charge in [0.25, 0.3) is 11.1 Å². The first-order chi connectivity index (χ1) is 14.6. The number of aromatic amines is 1. The molecule has 0 saturated carbocycles. The summed E-state index contributed by atoms with van der Waals surface area (Å²) < 4.78 is 3.56. The first kappa shape index (κ1) is 20.6. The van der Waals surface area contributed by atoms with Crippen molar-refractivity contribution in [3.8, 4) is 5.69 Å². The molecule has 2 heterocycles. The third kappa shape index (κ3) is 2.98. The van der Waals surface area contributed by atoms with Gasteiger partial charge >= 0.3 is 5.69 Å². The van der Waals surface area contributed by atoms with Crippen LogP contribution in [-0.4, -0.2) is 24.7 Å². The molecule has 1 N–H and O–H groups in total. The zero-order chi connectivity index (χ0) is 22.6. The minimum absolute atomic E-state index is 0.0150. The van der Waals surface area contributed by atoms with Crippen LogP contribution in [0.2, 0.25) is 5.02 Å². The summed E-state index contributed by atoms with van der Waals surface area (Å²) in [5.41, 5.74) is 0.0917. The molecule has 0 spiro atoms. The molecule has 31 heavy (non-hydrogen) atoms. The molecule has 9 heteroatoms. The monoisotopic (exact) mass is 438 g/mol. The minimum atomic E-state index is -0.586. The standard InChI is InChI=1S/C22H19ClN4O4/c1-11-13(19(28)18-12(2)24-26(4)20(18)29)9-10-16-17(11)21(30)27(22(31)25(16)3)15-8-6-5-7-14(15)23/h5-10,24H,1-4H3. The SMILES string of the molecule is Cc1[nH]n(C)c(=O)c1C(=O)c1ccc2c(c1C)c(=O)n(-c1ccccc1Cl)c(=O)n2C. The van der Waals surface area contributed by atoms with Crippen LogP contribution in [0, 0.1) is 13.8 Å². The van der Waals surface area contributed by atoms with Gasteiger partial charge in [-0.15, -0.1) is 0 Å². The molecule has 0 aliphatic heterocycles. The van der Waals surface area contributed by atoms with Gasteiger partial charge in [0.2, 0.25) is 5.78 Å². The third-order valence-electron chi connectivity index (χ3n) is 5.49. The fourth-order valence-corrected chi connectivity index (χ4v) is 4.10. The van der Waals surface area contributed by atoms with E-state index >= 15 is 0 Å². The average Bonchev–Trinajstić information content (AvgIpc) is 2.98. The van der Waals surface area contributed by atoms with E-state index in [1.807, 2.05) is 0 Å². The van der Waals surface area contributed by atoms with Crippen molar-refractivity contribution in [1.29, 1.82) is 0 Å². The van der Waals surface area contributed by atoms with Gasteiger partial charge in [-0.1, -0.05) is 23.7 Å². The number of benzene rings is 2. The molecular formula is C22H19ClN4O4. The quantitative estimate of drug-likeness (QED) is 0.496. The highest BCUT2D eigenvalue weighted by Crippen LogP contribution is 2.22. The largest absolute Gasteiger partial charge is 0.335 e. The van der Waals surface area contributed by atoms with Crippen LogP contribution in [-0.2, 0) is 14.1 Å². The summed E-state index contributed by atoms with van der Waals surface area (Å²) in [6, 6.07) is 9.61. The summed E-state index contributed by atoms with van der Waals surface area (Å²) in [5.74, 6) is -0.490. The molecule has 2 aromatic heterocycles. The van der Waals surface area contributed by atoms with Crippen LogP contribution in [0.3, 0.4) is 0 Å². The number of fused-ring (bicyclic) bond motifs is 1. The summed E-state index contributed by atoms with van der Waals surface area (Å²) in [6.45, 7) is 3.27. The number of hydrogen-bond acceptors (Lipinski definition) is 4. The number of rotatable bonds is 3. The molecule has 0 radical (unpaired) electrons. The highest BCUT2D eigenvalue weighted by Gasteiger charge is 2.24. The predicted molar refractivity (Wildman–Crippen MR) is 119 cm³/mol. The lowest BCUT2D eigenvalue weighted by atomic mass is 9.96. The van der Waals surface area contributed by atoms with Crippen molar-refractivity contribution in [1.82, 2.24) is 18.9 Å². The van der Waals surface area contributed by atoms with Gasteiger partial charge in [-0.25, -0.2) is 9.36 Å². The van der Waals surface area contributed by atoms with E-state index < -0.39 is 22.6 Å². The van der Waals surface area contributed by atoms with Gasteiger partial charge < -0.3 is 0 Å². The van der Waals surface area contributed by atoms with Crippen molar-refractivity contribution in [3.05, 3.63) is 95.0 Å². The molecular weight excluding hydrogens is 420 g/mol. The van der Waals surface area contributed by atoms with Crippen molar-refractivity contribution >= 4 is 28.3 Å². The van der Waals surface area contributed by atoms with E-state index in [0.717, 1.165) is 4.57 Å². The number of aryl methyl sites for hydroxylation is 4. The zero-order valence-corrected chi connectivity index (χ0v) is 18.1. The van der Waals surface area contributed by atoms with Crippen LogP contribution in [0.15, 0.2) is 50.8 Å². The minimum Gasteiger partial charge on any atom is -0.299 e. The smallest absolute Gasteiger partial charge is 0.299 e. The van der Waals surface area contributed by atoms with Crippen LogP contribution in [0.1, 0.15) is 27.2 Å². The number of carbonyl (C=O) groups excluding carboxylic acids is 1. The van der Waals surface area contributed by atoms with Gasteiger partial charge in [-0.2, -0.15) is 0 Å². The molecule has 0 unspecified atom stereocenters. The summed E-state index contributed by atoms with van der Waals surface area (Å²) in [7, 11) is 3.07. The number of para-hydroxylation sites is 1. The first-order valence-electron chi connectivity index (χ1n) is 9.45. The lowest BCUT2D eigenvalue weighted by Gasteiger charge is -2.14. The predicted octanol–water partition coefficient (Wildman–Crippen LogP) is 2.22. The second-order valence-corrected chi connectivity index (χ2v) is 7.78. The van der Waals surface area contributed by atoms with E-state index in [0.29, 0.717) is 16.8 Å². The Balaban J connectivity index is 2.08. The van der Waals surface area contributed by atoms with E-state index in [-0.39, 0.29) is 27.2 Å². The average molecular weight is 439 g/mol. The van der Waals surface area contributed by atoms with Crippen molar-refractivity contribution in [2.45, 2.75) is 13.8 Å². The fourth-order valence-electron chi connectivity index (χ4n) is 3.88. The van der Waals surface area contributed by atoms with E-state index in [9.17, 15) is 19.2 Å². The fraction of sp³-hybridized carbons (Fsp3) is 0.182. The van der Waals surface area contributed by atoms with Gasteiger partial charge in [-0.05, 0) is 43.7 Å². The number of hydrogen-bond donors (Lipinski definition) is 1. The van der Waals surface area contributed by atoms with Gasteiger partial charge in [0.05, 0.1) is 21.6 Å². The maximum Gasteiger partial charge on any atom is 0.335 e. The second-order valence-electron chi connectivity index (χ2n) is 7.37. The maximum absolute atomic E-state index is 13.4. The highest BCUT2D eigenvalue weighted by atomic mass is 35.5. The molecule has 0 aliphatic carbocycles. The first-order valence-corrected chi connectivity index (χ1v) is 9.83. The molecule has 0 amide bonds. The summed E-state index contributed by atoms with van der Waals surface area (Å²) in [6.07, 6.45) is 0. The van der Waals surface area contributed by atoms with Crippen molar-refractivity contribution < 1.29 is 4.79 Å². The molecule has 0 atom stereocenters. The van der Waals surface area contributed by atoms with Crippen molar-refractivity contribution in [2.75, 3.05) is 0 Å². The van der Waals surface area contributed by atoms with Gasteiger partial charge in [-0.3, -0.25) is 28.7 Å². The van der Waals surface area contributed by atoms with Crippen LogP contribution < -0.4 is 16.8 Å². The lowest BCUT2D eigenvalue weighted by molar-refractivity contribution is 0.103. The van der Waals surface area contributed by atoms with Gasteiger partial charge in [0, 0.05) is 25.4 Å². The number of aromatic nitrogens is 4. The molecule has 0 saturated heterocycles. The highest BCUT2D eigenvalue weighted by molar-refractivity contribution is 6.32. The van der Waals surface area contributed by atoms with Gasteiger partial charge in [0.15, 0.2) is 0 Å². The molecule has 0 fully saturated rings. The molecule has 8 nitrogen and oxygen atoms in total. The third-order valence-corrected chi connectivity index (χ3v) is 5.81. The van der Waals surface area contributed by atoms with Crippen LogP contribution in [0.4, 0.5) is 0 Å². The topological polar surface area (TPSA) is 98.9 Å². The van der Waals surface area contributed by atoms with Crippen LogP contribution >= 0.6 is 11.6 Å². The second kappa shape index (κ2) is 7.24. The summed E-state index contributed by atoms with van der Waals surface area (Å²) in [5, 5.41) is 3.26. The van der Waals surface area contributed by atoms with E-state index in [4.69, 9.17) is 11.6 Å². The van der Waals surface area contributed by atoms with E-state index in [1.54, 1.807) is 51.2 Å². The van der Waals surface area contributed by atoms with Gasteiger partial charge in [0.1, 0.15) is 5.56 Å². The number of nitrogens with one attached hydrogen (secondary N) is 1. The molecule has 4 rings (SSSR count). The normalized spacial score (nSPS) is 11.3. The molecule has 0 bridgehead atoms. The number of halogens is 1. The molecule has 2 aromatic carbocycles. The Hall–Kier alpha value is -3.65. The number of nitrogens with zero attached hydrogens (tertiary/aromatic N) is 3. The van der Waals surface area contributed by atoms with E-state index in [2.05, 4.69) is 5.10 Å². The molecule has 0 aliphatic rings. The Morgan fingerprint density at radius 1 is 0.968 bits per heavy atom. The van der Waals surface area contributed by atoms with Crippen LogP contribution in [0.25, 0.3) is 16.6 Å². The van der Waals surface area contributed by atoms with Crippen molar-refractivity contribution in [2.24, 2.45) is 14.1 Å². The lowest BCUT2D eigenvalue weighted by Crippen LogP contribution is -2.38. The molecule has 158 valence electrons. The number of H-pyrrole nitrogens is 1. The Labute approximate surface area is 180 Å².